The first-order valence-electron chi connectivity index (χ1n) is 6.02. The predicted molar refractivity (Wildman–Crippen MR) is 75.0 cm³/mol. The first kappa shape index (κ1) is 14.9. The number of carbonyl (C=O) groups is 1. The smallest absolute Gasteiger partial charge is 0.313 e. The van der Waals surface area contributed by atoms with E-state index in [4.69, 9.17) is 17.0 Å². The summed E-state index contributed by atoms with van der Waals surface area (Å²) >= 11 is 5.20. The molecular weight excluding hydrogens is 296 g/mol. The maximum absolute atomic E-state index is 11.5. The average molecular weight is 308 g/mol. The normalized spacial score (nSPS) is 10.3. The predicted octanol–water partition coefficient (Wildman–Crippen LogP) is 0.414. The fourth-order valence-corrected chi connectivity index (χ4v) is 1.94. The Kier molecular flexibility index (Phi) is 4.43. The van der Waals surface area contributed by atoms with E-state index in [0.29, 0.717) is 0 Å². The molecule has 2 aromatic rings. The van der Waals surface area contributed by atoms with Crippen molar-refractivity contribution in [2.75, 3.05) is 6.61 Å². The number of hydrogen-bond donors (Lipinski definition) is 2. The second kappa shape index (κ2) is 6.27. The summed E-state index contributed by atoms with van der Waals surface area (Å²) in [7, 11) is 0. The third-order valence-corrected chi connectivity index (χ3v) is 2.94. The Morgan fingerprint density at radius 2 is 2.19 bits per heavy atom. The van der Waals surface area contributed by atoms with Gasteiger partial charge in [-0.25, -0.2) is 0 Å². The summed E-state index contributed by atoms with van der Waals surface area (Å²) < 4.78 is 5.99. The lowest BCUT2D eigenvalue weighted by molar-refractivity contribution is -0.142. The molecule has 21 heavy (non-hydrogen) atoms. The van der Waals surface area contributed by atoms with Crippen LogP contribution in [0.5, 0.6) is 11.5 Å². The Morgan fingerprint density at radius 3 is 2.86 bits per heavy atom. The first-order valence-corrected chi connectivity index (χ1v) is 6.43. The monoisotopic (exact) mass is 308 g/mol. The number of hydrogen-bond acceptors (Lipinski definition) is 8. The average Bonchev–Trinajstić information content (AvgIpc) is 2.86. The van der Waals surface area contributed by atoms with Crippen LogP contribution in [0.4, 0.5) is 0 Å². The highest BCUT2D eigenvalue weighted by Gasteiger charge is 2.18. The lowest BCUT2D eigenvalue weighted by Crippen LogP contribution is -2.19. The zero-order valence-corrected chi connectivity index (χ0v) is 11.9. The third-order valence-electron chi connectivity index (χ3n) is 2.55. The minimum atomic E-state index is -0.480. The van der Waals surface area contributed by atoms with Crippen molar-refractivity contribution >= 4 is 23.2 Å². The molecule has 0 aliphatic carbocycles. The number of thiocarbonyl (C=S) groups is 1. The number of aromatic nitrogens is 4. The van der Waals surface area contributed by atoms with Crippen molar-refractivity contribution in [2.24, 2.45) is 0 Å². The molecule has 2 N–H and O–H groups in total. The largest absolute Gasteiger partial charge is 0.508 e. The van der Waals surface area contributed by atoms with E-state index in [1.807, 2.05) is 0 Å². The van der Waals surface area contributed by atoms with Gasteiger partial charge in [0.25, 0.3) is 0 Å². The number of benzene rings is 1. The van der Waals surface area contributed by atoms with E-state index in [-0.39, 0.29) is 40.9 Å². The fourth-order valence-electron chi connectivity index (χ4n) is 1.63. The lowest BCUT2D eigenvalue weighted by Gasteiger charge is -2.08. The van der Waals surface area contributed by atoms with Crippen molar-refractivity contribution < 1.29 is 19.7 Å². The van der Waals surface area contributed by atoms with Crippen molar-refractivity contribution in [1.29, 1.82) is 0 Å². The van der Waals surface area contributed by atoms with Crippen LogP contribution in [0.25, 0.3) is 0 Å². The molecule has 9 heteroatoms. The SMILES string of the molecule is CCOC(=O)Cc1nnnn1C(=S)c1ccc(O)cc1O. The van der Waals surface area contributed by atoms with Crippen molar-refractivity contribution in [2.45, 2.75) is 13.3 Å². The highest BCUT2D eigenvalue weighted by atomic mass is 32.1. The van der Waals surface area contributed by atoms with E-state index in [1.54, 1.807) is 6.92 Å². The molecule has 0 spiro atoms. The van der Waals surface area contributed by atoms with Gasteiger partial charge in [0.2, 0.25) is 0 Å². The van der Waals surface area contributed by atoms with Crippen LogP contribution in [0, 0.1) is 0 Å². The number of ether oxygens (including phenoxy) is 1. The van der Waals surface area contributed by atoms with Gasteiger partial charge in [-0.1, -0.05) is 12.2 Å². The quantitative estimate of drug-likeness (QED) is 0.617. The molecule has 110 valence electrons. The topological polar surface area (TPSA) is 110 Å². The van der Waals surface area contributed by atoms with Crippen LogP contribution in [-0.2, 0) is 16.0 Å². The molecule has 0 atom stereocenters. The Balaban J connectivity index is 2.28. The fraction of sp³-hybridized carbons (Fsp3) is 0.250. The molecule has 0 unspecified atom stereocenters. The summed E-state index contributed by atoms with van der Waals surface area (Å²) in [5, 5.41) is 30.0. The van der Waals surface area contributed by atoms with Crippen LogP contribution < -0.4 is 0 Å². The Hall–Kier alpha value is -2.55. The summed E-state index contributed by atoms with van der Waals surface area (Å²) in [5.41, 5.74) is 0.264. The molecule has 2 rings (SSSR count). The molecule has 0 radical (unpaired) electrons. The maximum atomic E-state index is 11.5. The van der Waals surface area contributed by atoms with E-state index in [2.05, 4.69) is 15.5 Å². The molecule has 0 aliphatic rings. The molecule has 0 bridgehead atoms. The first-order chi connectivity index (χ1) is 10.0. The van der Waals surface area contributed by atoms with Crippen molar-refractivity contribution in [3.05, 3.63) is 29.6 Å². The number of carbonyl (C=O) groups excluding carboxylic acids is 1. The second-order valence-electron chi connectivity index (χ2n) is 4.00. The lowest BCUT2D eigenvalue weighted by atomic mass is 10.2. The zero-order chi connectivity index (χ0) is 15.4. The standard InChI is InChI=1S/C12H12N4O4S/c1-2-20-11(19)6-10-13-14-15-16(10)12(21)8-4-3-7(17)5-9(8)18/h3-5,17-18H,2,6H2,1H3. The molecule has 1 aromatic heterocycles. The van der Waals surface area contributed by atoms with Gasteiger partial charge >= 0.3 is 5.97 Å². The second-order valence-corrected chi connectivity index (χ2v) is 4.38. The number of tetrazole rings is 1. The number of nitrogens with zero attached hydrogens (tertiary/aromatic N) is 4. The van der Waals surface area contributed by atoms with E-state index < -0.39 is 5.97 Å². The van der Waals surface area contributed by atoms with Gasteiger partial charge in [0.1, 0.15) is 22.9 Å². The van der Waals surface area contributed by atoms with Crippen LogP contribution in [-0.4, -0.2) is 48.0 Å². The molecule has 0 aliphatic heterocycles. The third kappa shape index (κ3) is 3.31. The Labute approximate surface area is 125 Å². The van der Waals surface area contributed by atoms with E-state index in [1.165, 1.54) is 16.8 Å². The highest BCUT2D eigenvalue weighted by molar-refractivity contribution is 7.80. The van der Waals surface area contributed by atoms with E-state index in [9.17, 15) is 15.0 Å². The molecule has 8 nitrogen and oxygen atoms in total. The molecule has 0 fully saturated rings. The summed E-state index contributed by atoms with van der Waals surface area (Å²) in [5.74, 6) is -0.586. The molecule has 0 saturated carbocycles. The molecule has 1 aromatic carbocycles. The minimum absolute atomic E-state index is 0.0949. The van der Waals surface area contributed by atoms with Gasteiger partial charge in [-0.15, -0.1) is 5.10 Å². The Morgan fingerprint density at radius 1 is 1.43 bits per heavy atom. The zero-order valence-electron chi connectivity index (χ0n) is 11.1. The van der Waals surface area contributed by atoms with Gasteiger partial charge < -0.3 is 14.9 Å². The molecule has 1 heterocycles. The molecule has 0 saturated heterocycles. The van der Waals surface area contributed by atoms with Gasteiger partial charge in [0, 0.05) is 6.07 Å². The summed E-state index contributed by atoms with van der Waals surface area (Å²) in [6.45, 7) is 1.95. The van der Waals surface area contributed by atoms with Crippen molar-refractivity contribution in [1.82, 2.24) is 20.2 Å². The summed E-state index contributed by atoms with van der Waals surface area (Å²) in [4.78, 5) is 11.6. The van der Waals surface area contributed by atoms with Crippen LogP contribution in [0.3, 0.4) is 0 Å². The van der Waals surface area contributed by atoms with Gasteiger partial charge in [-0.3, -0.25) is 4.79 Å². The Bertz CT molecular complexity index is 686. The van der Waals surface area contributed by atoms with Crippen molar-refractivity contribution in [3.63, 3.8) is 0 Å². The van der Waals surface area contributed by atoms with Gasteiger partial charge in [0.15, 0.2) is 5.82 Å². The summed E-state index contributed by atoms with van der Waals surface area (Å²) in [6, 6.07) is 3.95. The molecular formula is C12H12N4O4S. The van der Waals surface area contributed by atoms with Gasteiger partial charge in [0.05, 0.1) is 12.2 Å². The van der Waals surface area contributed by atoms with Gasteiger partial charge in [-0.05, 0) is 29.5 Å². The van der Waals surface area contributed by atoms with Crippen LogP contribution in [0.15, 0.2) is 18.2 Å². The van der Waals surface area contributed by atoms with Crippen LogP contribution in [0.2, 0.25) is 0 Å². The van der Waals surface area contributed by atoms with Crippen LogP contribution >= 0.6 is 12.2 Å². The number of phenolic OH excluding ortho intramolecular Hbond substituents is 2. The van der Waals surface area contributed by atoms with Gasteiger partial charge in [-0.2, -0.15) is 4.68 Å². The van der Waals surface area contributed by atoms with E-state index >= 15 is 0 Å². The van der Waals surface area contributed by atoms with E-state index in [0.717, 1.165) is 6.07 Å². The number of rotatable bonds is 4. The number of esters is 1. The number of aromatic hydroxyl groups is 2. The maximum Gasteiger partial charge on any atom is 0.313 e. The van der Waals surface area contributed by atoms with Crippen molar-refractivity contribution in [3.8, 4) is 11.5 Å². The number of phenols is 2. The highest BCUT2D eigenvalue weighted by Crippen LogP contribution is 2.23. The summed E-state index contributed by atoms with van der Waals surface area (Å²) in [6.07, 6.45) is -0.139. The van der Waals surface area contributed by atoms with Crippen LogP contribution in [0.1, 0.15) is 18.3 Å². The molecule has 0 amide bonds. The minimum Gasteiger partial charge on any atom is -0.508 e.